The van der Waals surface area contributed by atoms with Crippen molar-refractivity contribution in [3.05, 3.63) is 51.8 Å². The van der Waals surface area contributed by atoms with E-state index in [0.29, 0.717) is 6.04 Å². The molecule has 0 aliphatic carbocycles. The van der Waals surface area contributed by atoms with Crippen LogP contribution in [0.4, 0.5) is 0 Å². The third-order valence-electron chi connectivity index (χ3n) is 3.86. The van der Waals surface area contributed by atoms with Gasteiger partial charge in [-0.25, -0.2) is 0 Å². The third-order valence-corrected chi connectivity index (χ3v) is 4.12. The second-order valence-electron chi connectivity index (χ2n) is 5.17. The Labute approximate surface area is 126 Å². The van der Waals surface area contributed by atoms with Gasteiger partial charge in [0.15, 0.2) is 0 Å². The summed E-state index contributed by atoms with van der Waals surface area (Å²) in [5.41, 5.74) is 4.89. The Morgan fingerprint density at radius 2 is 1.90 bits per heavy atom. The molecular formula is C16H22ClN3. The average molecular weight is 292 g/mol. The van der Waals surface area contributed by atoms with Crippen molar-refractivity contribution in [3.8, 4) is 0 Å². The maximum absolute atomic E-state index is 5.95. The Morgan fingerprint density at radius 1 is 1.25 bits per heavy atom. The van der Waals surface area contributed by atoms with Gasteiger partial charge < -0.3 is 5.32 Å². The molecule has 1 aromatic carbocycles. The van der Waals surface area contributed by atoms with Crippen molar-refractivity contribution in [2.75, 3.05) is 0 Å². The standard InChI is InChI=1S/C16H22ClN3/c1-5-16(13-6-8-14(17)9-7-13)18-10-15-11(2)19-20(4)12(15)3/h6-9,16,18H,5,10H2,1-4H3. The smallest absolute Gasteiger partial charge is 0.0641 e. The average Bonchev–Trinajstić information content (AvgIpc) is 2.67. The summed E-state index contributed by atoms with van der Waals surface area (Å²) in [6.07, 6.45) is 1.04. The fourth-order valence-corrected chi connectivity index (χ4v) is 2.62. The fraction of sp³-hybridized carbons (Fsp3) is 0.438. The number of halogens is 1. The van der Waals surface area contributed by atoms with Crippen LogP contribution in [-0.4, -0.2) is 9.78 Å². The van der Waals surface area contributed by atoms with Crippen LogP contribution in [0.1, 0.15) is 41.9 Å². The number of rotatable bonds is 5. The normalized spacial score (nSPS) is 12.7. The van der Waals surface area contributed by atoms with Gasteiger partial charge in [-0.15, -0.1) is 0 Å². The lowest BCUT2D eigenvalue weighted by Crippen LogP contribution is -2.21. The summed E-state index contributed by atoms with van der Waals surface area (Å²) < 4.78 is 1.94. The van der Waals surface area contributed by atoms with Crippen molar-refractivity contribution in [2.24, 2.45) is 7.05 Å². The van der Waals surface area contributed by atoms with Crippen molar-refractivity contribution in [3.63, 3.8) is 0 Å². The maximum atomic E-state index is 5.95. The highest BCUT2D eigenvalue weighted by molar-refractivity contribution is 6.30. The zero-order valence-corrected chi connectivity index (χ0v) is 13.3. The first-order chi connectivity index (χ1) is 9.52. The Morgan fingerprint density at radius 3 is 2.40 bits per heavy atom. The van der Waals surface area contributed by atoms with Gasteiger partial charge in [0.2, 0.25) is 0 Å². The molecule has 2 rings (SSSR count). The molecule has 0 amide bonds. The lowest BCUT2D eigenvalue weighted by Gasteiger charge is -2.18. The molecule has 0 spiro atoms. The lowest BCUT2D eigenvalue weighted by atomic mass is 10.0. The van der Waals surface area contributed by atoms with Crippen LogP contribution in [0, 0.1) is 13.8 Å². The van der Waals surface area contributed by atoms with Crippen LogP contribution in [-0.2, 0) is 13.6 Å². The zero-order chi connectivity index (χ0) is 14.7. The van der Waals surface area contributed by atoms with Crippen LogP contribution in [0.2, 0.25) is 5.02 Å². The molecule has 3 nitrogen and oxygen atoms in total. The molecule has 0 radical (unpaired) electrons. The molecule has 1 heterocycles. The fourth-order valence-electron chi connectivity index (χ4n) is 2.49. The predicted octanol–water partition coefficient (Wildman–Crippen LogP) is 3.93. The molecule has 1 aromatic heterocycles. The quantitative estimate of drug-likeness (QED) is 0.904. The molecule has 20 heavy (non-hydrogen) atoms. The molecule has 2 aromatic rings. The topological polar surface area (TPSA) is 29.9 Å². The van der Waals surface area contributed by atoms with Gasteiger partial charge in [-0.05, 0) is 38.0 Å². The largest absolute Gasteiger partial charge is 0.306 e. The lowest BCUT2D eigenvalue weighted by molar-refractivity contribution is 0.517. The van der Waals surface area contributed by atoms with Gasteiger partial charge in [-0.3, -0.25) is 4.68 Å². The first-order valence-corrected chi connectivity index (χ1v) is 7.38. The Hall–Kier alpha value is -1.32. The SMILES string of the molecule is CCC(NCc1c(C)nn(C)c1C)c1ccc(Cl)cc1. The van der Waals surface area contributed by atoms with E-state index in [-0.39, 0.29) is 0 Å². The number of aryl methyl sites for hydroxylation is 2. The number of hydrogen-bond acceptors (Lipinski definition) is 2. The molecule has 0 fully saturated rings. The van der Waals surface area contributed by atoms with Crippen molar-refractivity contribution >= 4 is 11.6 Å². The minimum absolute atomic E-state index is 0.339. The number of aromatic nitrogens is 2. The molecule has 0 saturated heterocycles. The Kier molecular flexibility index (Phi) is 4.84. The maximum Gasteiger partial charge on any atom is 0.0641 e. The summed E-state index contributed by atoms with van der Waals surface area (Å²) in [7, 11) is 1.99. The summed E-state index contributed by atoms with van der Waals surface area (Å²) in [6.45, 7) is 7.20. The van der Waals surface area contributed by atoms with Crippen molar-refractivity contribution in [1.82, 2.24) is 15.1 Å². The van der Waals surface area contributed by atoms with E-state index in [9.17, 15) is 0 Å². The van der Waals surface area contributed by atoms with E-state index in [1.165, 1.54) is 16.8 Å². The highest BCUT2D eigenvalue weighted by atomic mass is 35.5. The molecule has 1 N–H and O–H groups in total. The summed E-state index contributed by atoms with van der Waals surface area (Å²) in [6, 6.07) is 8.41. The van der Waals surface area contributed by atoms with Crippen LogP contribution in [0.15, 0.2) is 24.3 Å². The Balaban J connectivity index is 2.09. The van der Waals surface area contributed by atoms with Gasteiger partial charge in [0.05, 0.1) is 5.69 Å². The predicted molar refractivity (Wildman–Crippen MR) is 84.0 cm³/mol. The number of hydrogen-bond donors (Lipinski definition) is 1. The molecule has 1 unspecified atom stereocenters. The second kappa shape index (κ2) is 6.42. The van der Waals surface area contributed by atoms with Gasteiger partial charge >= 0.3 is 0 Å². The summed E-state index contributed by atoms with van der Waals surface area (Å²) in [4.78, 5) is 0. The zero-order valence-electron chi connectivity index (χ0n) is 12.6. The van der Waals surface area contributed by atoms with E-state index in [4.69, 9.17) is 11.6 Å². The molecule has 108 valence electrons. The summed E-state index contributed by atoms with van der Waals surface area (Å²) in [5, 5.41) is 8.86. The van der Waals surface area contributed by atoms with Crippen LogP contribution in [0.25, 0.3) is 0 Å². The van der Waals surface area contributed by atoms with Gasteiger partial charge in [0, 0.05) is 35.9 Å². The molecule has 1 atom stereocenters. The second-order valence-corrected chi connectivity index (χ2v) is 5.60. The highest BCUT2D eigenvalue weighted by Crippen LogP contribution is 2.20. The molecule has 0 aliphatic rings. The van der Waals surface area contributed by atoms with Gasteiger partial charge in [-0.1, -0.05) is 30.7 Å². The number of benzene rings is 1. The van der Waals surface area contributed by atoms with Crippen molar-refractivity contribution in [1.29, 1.82) is 0 Å². The third kappa shape index (κ3) is 3.22. The van der Waals surface area contributed by atoms with Gasteiger partial charge in [0.25, 0.3) is 0 Å². The Bertz CT molecular complexity index is 572. The summed E-state index contributed by atoms with van der Waals surface area (Å²) in [5.74, 6) is 0. The van der Waals surface area contributed by atoms with E-state index >= 15 is 0 Å². The minimum Gasteiger partial charge on any atom is -0.306 e. The number of nitrogens with one attached hydrogen (secondary N) is 1. The molecular weight excluding hydrogens is 270 g/mol. The van der Waals surface area contributed by atoms with E-state index in [2.05, 4.69) is 43.3 Å². The van der Waals surface area contributed by atoms with E-state index in [0.717, 1.165) is 23.7 Å². The first-order valence-electron chi connectivity index (χ1n) is 7.00. The van der Waals surface area contributed by atoms with Crippen LogP contribution in [0.3, 0.4) is 0 Å². The number of nitrogens with zero attached hydrogens (tertiary/aromatic N) is 2. The van der Waals surface area contributed by atoms with Crippen LogP contribution in [0.5, 0.6) is 0 Å². The van der Waals surface area contributed by atoms with E-state index in [1.807, 2.05) is 23.9 Å². The van der Waals surface area contributed by atoms with E-state index < -0.39 is 0 Å². The highest BCUT2D eigenvalue weighted by Gasteiger charge is 2.13. The van der Waals surface area contributed by atoms with Gasteiger partial charge in [-0.2, -0.15) is 5.10 Å². The molecule has 0 bridgehead atoms. The minimum atomic E-state index is 0.339. The monoisotopic (exact) mass is 291 g/mol. The van der Waals surface area contributed by atoms with E-state index in [1.54, 1.807) is 0 Å². The van der Waals surface area contributed by atoms with Gasteiger partial charge in [0.1, 0.15) is 0 Å². The summed E-state index contributed by atoms with van der Waals surface area (Å²) >= 11 is 5.95. The van der Waals surface area contributed by atoms with Crippen molar-refractivity contribution < 1.29 is 0 Å². The van der Waals surface area contributed by atoms with Crippen LogP contribution < -0.4 is 5.32 Å². The molecule has 0 aliphatic heterocycles. The van der Waals surface area contributed by atoms with Crippen LogP contribution >= 0.6 is 11.6 Å². The molecule has 4 heteroatoms. The first kappa shape index (κ1) is 15.1. The van der Waals surface area contributed by atoms with Crippen molar-refractivity contribution in [2.45, 2.75) is 39.8 Å². The molecule has 0 saturated carbocycles.